The highest BCUT2D eigenvalue weighted by Gasteiger charge is 2.63. The Kier molecular flexibility index (Phi) is 5.67. The Hall–Kier alpha value is -2.92. The van der Waals surface area contributed by atoms with E-state index in [1.165, 1.54) is 4.90 Å². The molecule has 35 heavy (non-hydrogen) atoms. The zero-order chi connectivity index (χ0) is 25.0. The number of hydrogen-bond acceptors (Lipinski definition) is 7. The van der Waals surface area contributed by atoms with Gasteiger partial charge in [0, 0.05) is 24.6 Å². The molecule has 10 nitrogen and oxygen atoms in total. The minimum Gasteiger partial charge on any atom is -0.391 e. The highest BCUT2D eigenvalue weighted by atomic mass is 32.2. The lowest BCUT2D eigenvalue weighted by Gasteiger charge is -2.29. The van der Waals surface area contributed by atoms with E-state index in [0.717, 1.165) is 5.69 Å². The third-order valence-corrected chi connectivity index (χ3v) is 9.77. The van der Waals surface area contributed by atoms with E-state index in [4.69, 9.17) is 0 Å². The van der Waals surface area contributed by atoms with Crippen LogP contribution < -0.4 is 15.4 Å². The van der Waals surface area contributed by atoms with Crippen molar-refractivity contribution < 1.29 is 27.9 Å². The molecule has 0 spiro atoms. The quantitative estimate of drug-likeness (QED) is 0.423. The topological polar surface area (TPSA) is 145 Å². The maximum absolute atomic E-state index is 13.4. The SMILES string of the molecule is CC1(S(=O)(=O)NC(=O)[C@@]23C[C@H]2/C=C\C[C@H](Nc2ccccc2)C(=O)N2C[C@H](O)C[C@H]2C(=O)N3)CC1. The molecular weight excluding hydrogens is 472 g/mol. The maximum atomic E-state index is 13.4. The number of aliphatic hydroxyl groups excluding tert-OH is 1. The number of hydrogen-bond donors (Lipinski definition) is 4. The van der Waals surface area contributed by atoms with Crippen molar-refractivity contribution in [2.24, 2.45) is 5.92 Å². The van der Waals surface area contributed by atoms with Gasteiger partial charge in [0.25, 0.3) is 5.91 Å². The fourth-order valence-electron chi connectivity index (χ4n) is 4.91. The van der Waals surface area contributed by atoms with Crippen LogP contribution in [0.3, 0.4) is 0 Å². The van der Waals surface area contributed by atoms with Gasteiger partial charge in [-0.25, -0.2) is 8.42 Å². The minimum atomic E-state index is -3.88. The van der Waals surface area contributed by atoms with E-state index in [2.05, 4.69) is 15.4 Å². The molecule has 11 heteroatoms. The number of aliphatic hydroxyl groups is 1. The molecule has 0 bridgehead atoms. The van der Waals surface area contributed by atoms with Crippen molar-refractivity contribution in [2.45, 2.75) is 67.5 Å². The second-order valence-corrected chi connectivity index (χ2v) is 12.5. The molecule has 188 valence electrons. The van der Waals surface area contributed by atoms with Crippen LogP contribution in [0.4, 0.5) is 5.69 Å². The first-order valence-electron chi connectivity index (χ1n) is 11.9. The van der Waals surface area contributed by atoms with Crippen LogP contribution >= 0.6 is 0 Å². The standard InChI is InChI=1S/C24H30N4O6S/c1-23(10-11-23)35(33,34)27-22(32)24-13-15(24)6-5-9-18(25-16-7-3-2-4-8-16)21(31)28-14-17(29)12-19(28)20(30)26-24/h2-8,15,17-19,25,29H,9-14H2,1H3,(H,26,30)(H,27,32)/b6-5-/t15-,17-,18+,19+,24-/m1/s1. The number of nitrogens with one attached hydrogen (secondary N) is 3. The fourth-order valence-corrected chi connectivity index (χ4v) is 6.22. The lowest BCUT2D eigenvalue weighted by molar-refractivity contribution is -0.140. The van der Waals surface area contributed by atoms with Crippen LogP contribution in [-0.4, -0.2) is 71.2 Å². The van der Waals surface area contributed by atoms with Crippen molar-refractivity contribution in [1.82, 2.24) is 14.9 Å². The van der Waals surface area contributed by atoms with E-state index in [-0.39, 0.29) is 25.3 Å². The Bertz CT molecular complexity index is 1180. The van der Waals surface area contributed by atoms with Crippen molar-refractivity contribution in [3.05, 3.63) is 42.5 Å². The molecule has 0 radical (unpaired) electrons. The first-order chi connectivity index (χ1) is 16.5. The summed E-state index contributed by atoms with van der Waals surface area (Å²) in [5.41, 5.74) is -0.658. The monoisotopic (exact) mass is 502 g/mol. The number of nitrogens with zero attached hydrogens (tertiary/aromatic N) is 1. The molecule has 5 rings (SSSR count). The van der Waals surface area contributed by atoms with Gasteiger partial charge in [0.2, 0.25) is 21.8 Å². The van der Waals surface area contributed by atoms with Crippen molar-refractivity contribution >= 4 is 33.4 Å². The van der Waals surface area contributed by atoms with Crippen molar-refractivity contribution in [2.75, 3.05) is 11.9 Å². The van der Waals surface area contributed by atoms with Crippen LogP contribution in [0, 0.1) is 5.92 Å². The van der Waals surface area contributed by atoms with Crippen molar-refractivity contribution in [3.63, 3.8) is 0 Å². The molecule has 0 unspecified atom stereocenters. The summed E-state index contributed by atoms with van der Waals surface area (Å²) < 4.78 is 26.6. The summed E-state index contributed by atoms with van der Waals surface area (Å²) in [5, 5.41) is 16.2. The van der Waals surface area contributed by atoms with Gasteiger partial charge in [-0.05, 0) is 44.7 Å². The van der Waals surface area contributed by atoms with Crippen molar-refractivity contribution in [3.8, 4) is 0 Å². The Balaban J connectivity index is 1.43. The van der Waals surface area contributed by atoms with E-state index in [0.29, 0.717) is 19.3 Å². The summed E-state index contributed by atoms with van der Waals surface area (Å²) in [6.07, 6.45) is 4.23. The van der Waals surface area contributed by atoms with E-state index >= 15 is 0 Å². The summed E-state index contributed by atoms with van der Waals surface area (Å²) in [4.78, 5) is 41.3. The average molecular weight is 503 g/mol. The molecule has 4 aliphatic rings. The first kappa shape index (κ1) is 23.8. The summed E-state index contributed by atoms with van der Waals surface area (Å²) in [6, 6.07) is 7.59. The number of sulfonamides is 1. The summed E-state index contributed by atoms with van der Waals surface area (Å²) in [7, 11) is -3.88. The Morgan fingerprint density at radius 3 is 2.60 bits per heavy atom. The summed E-state index contributed by atoms with van der Waals surface area (Å²) >= 11 is 0. The molecule has 0 aromatic heterocycles. The van der Waals surface area contributed by atoms with Gasteiger partial charge in [0.05, 0.1) is 10.9 Å². The average Bonchev–Trinajstić information content (AvgIpc) is 3.69. The molecule has 1 aromatic carbocycles. The highest BCUT2D eigenvalue weighted by Crippen LogP contribution is 2.47. The number of anilines is 1. The second kappa shape index (κ2) is 8.34. The second-order valence-electron chi connectivity index (χ2n) is 10.3. The third kappa shape index (κ3) is 4.31. The summed E-state index contributed by atoms with van der Waals surface area (Å²) in [5.74, 6) is -2.06. The molecule has 2 aliphatic heterocycles. The lowest BCUT2D eigenvalue weighted by Crippen LogP contribution is -2.57. The molecule has 1 aromatic rings. The zero-order valence-corrected chi connectivity index (χ0v) is 20.3. The number of carbonyl (C=O) groups is 3. The zero-order valence-electron chi connectivity index (χ0n) is 19.4. The number of fused-ring (bicyclic) bond motifs is 2. The van der Waals surface area contributed by atoms with Gasteiger partial charge in [-0.1, -0.05) is 30.4 Å². The predicted molar refractivity (Wildman–Crippen MR) is 127 cm³/mol. The van der Waals surface area contributed by atoms with E-state index in [1.807, 2.05) is 30.3 Å². The lowest BCUT2D eigenvalue weighted by atomic mass is 10.1. The normalized spacial score (nSPS) is 34.5. The Morgan fingerprint density at radius 1 is 1.20 bits per heavy atom. The smallest absolute Gasteiger partial charge is 0.259 e. The van der Waals surface area contributed by atoms with Gasteiger partial charge in [0.1, 0.15) is 17.6 Å². The van der Waals surface area contributed by atoms with Crippen LogP contribution in [0.5, 0.6) is 0 Å². The number of carbonyl (C=O) groups excluding carboxylic acids is 3. The van der Waals surface area contributed by atoms with E-state index in [9.17, 15) is 27.9 Å². The predicted octanol–water partition coefficient (Wildman–Crippen LogP) is 0.262. The number of benzene rings is 1. The number of amides is 3. The highest BCUT2D eigenvalue weighted by molar-refractivity contribution is 7.91. The van der Waals surface area contributed by atoms with Gasteiger partial charge in [-0.3, -0.25) is 19.1 Å². The van der Waals surface area contributed by atoms with Crippen molar-refractivity contribution in [1.29, 1.82) is 0 Å². The molecule has 3 amide bonds. The third-order valence-electron chi connectivity index (χ3n) is 7.61. The number of rotatable bonds is 5. The summed E-state index contributed by atoms with van der Waals surface area (Å²) in [6.45, 7) is 1.59. The van der Waals surface area contributed by atoms with Crippen LogP contribution in [0.2, 0.25) is 0 Å². The van der Waals surface area contributed by atoms with Crippen LogP contribution in [-0.2, 0) is 24.4 Å². The largest absolute Gasteiger partial charge is 0.391 e. The first-order valence-corrected chi connectivity index (χ1v) is 13.4. The van der Waals surface area contributed by atoms with Crippen LogP contribution in [0.25, 0.3) is 0 Å². The molecule has 4 N–H and O–H groups in total. The number of para-hydroxylation sites is 1. The Labute approximate surface area is 204 Å². The van der Waals surface area contributed by atoms with Gasteiger partial charge >= 0.3 is 0 Å². The minimum absolute atomic E-state index is 0.00294. The molecule has 2 aliphatic carbocycles. The maximum Gasteiger partial charge on any atom is 0.259 e. The Morgan fingerprint density at radius 2 is 1.91 bits per heavy atom. The molecule has 1 saturated heterocycles. The van der Waals surface area contributed by atoms with E-state index in [1.54, 1.807) is 19.1 Å². The molecular formula is C24H30N4O6S. The van der Waals surface area contributed by atoms with Gasteiger partial charge in [-0.15, -0.1) is 0 Å². The molecule has 2 saturated carbocycles. The fraction of sp³-hybridized carbons (Fsp3) is 0.542. The molecule has 5 atom stereocenters. The van der Waals surface area contributed by atoms with Crippen LogP contribution in [0.15, 0.2) is 42.5 Å². The molecule has 3 fully saturated rings. The van der Waals surface area contributed by atoms with Gasteiger partial charge in [0.15, 0.2) is 0 Å². The van der Waals surface area contributed by atoms with E-state index < -0.39 is 56.2 Å². The molecule has 2 heterocycles. The van der Waals surface area contributed by atoms with Gasteiger partial charge < -0.3 is 20.6 Å². The van der Waals surface area contributed by atoms with Gasteiger partial charge in [-0.2, -0.15) is 0 Å². The van der Waals surface area contributed by atoms with Crippen LogP contribution in [0.1, 0.15) is 39.0 Å².